The molecule has 5 aromatic rings. The molecule has 0 spiro atoms. The van der Waals surface area contributed by atoms with Gasteiger partial charge in [0.05, 0.1) is 16.9 Å². The summed E-state index contributed by atoms with van der Waals surface area (Å²) in [5.74, 6) is 0.676. The fraction of sp³-hybridized carbons (Fsp3) is 0.0909. The molecular weight excluding hydrogens is 334 g/mol. The average Bonchev–Trinajstić information content (AvgIpc) is 3.06. The second-order valence-corrected chi connectivity index (χ2v) is 6.62. The number of aryl methyl sites for hydroxylation is 2. The van der Waals surface area contributed by atoms with Gasteiger partial charge in [0.25, 0.3) is 0 Å². The maximum Gasteiger partial charge on any atom is 0.235 e. The summed E-state index contributed by atoms with van der Waals surface area (Å²) in [5, 5.41) is 1.09. The molecule has 0 aliphatic carbocycles. The molecule has 0 fully saturated rings. The van der Waals surface area contributed by atoms with Crippen molar-refractivity contribution in [3.8, 4) is 22.6 Å². The van der Waals surface area contributed by atoms with E-state index < -0.39 is 0 Å². The van der Waals surface area contributed by atoms with Crippen molar-refractivity contribution >= 4 is 16.7 Å². The van der Waals surface area contributed by atoms with Crippen LogP contribution in [0.5, 0.6) is 0 Å². The summed E-state index contributed by atoms with van der Waals surface area (Å²) in [6, 6.07) is 18.3. The van der Waals surface area contributed by atoms with Gasteiger partial charge in [-0.05, 0) is 50.2 Å². The maximum atomic E-state index is 4.82. The molecule has 4 aromatic heterocycles. The average molecular weight is 351 g/mol. The minimum absolute atomic E-state index is 0.676. The minimum Gasteiger partial charge on any atom is -0.283 e. The number of hydrogen-bond donors (Lipinski definition) is 0. The quantitative estimate of drug-likeness (QED) is 0.465. The molecule has 5 nitrogen and oxygen atoms in total. The van der Waals surface area contributed by atoms with E-state index in [1.165, 1.54) is 0 Å². The fourth-order valence-corrected chi connectivity index (χ4v) is 3.37. The zero-order chi connectivity index (χ0) is 18.4. The third-order valence-corrected chi connectivity index (χ3v) is 4.64. The minimum atomic E-state index is 0.676. The largest absolute Gasteiger partial charge is 0.283 e. The Morgan fingerprint density at radius 2 is 1.70 bits per heavy atom. The van der Waals surface area contributed by atoms with Gasteiger partial charge in [0.15, 0.2) is 0 Å². The van der Waals surface area contributed by atoms with Crippen LogP contribution in [-0.2, 0) is 0 Å². The van der Waals surface area contributed by atoms with Crippen LogP contribution < -0.4 is 0 Å². The van der Waals surface area contributed by atoms with Crippen LogP contribution in [0.1, 0.15) is 11.4 Å². The molecule has 0 N–H and O–H groups in total. The van der Waals surface area contributed by atoms with E-state index in [0.29, 0.717) is 5.78 Å². The Bertz CT molecular complexity index is 1300. The van der Waals surface area contributed by atoms with Gasteiger partial charge in [-0.2, -0.15) is 0 Å². The van der Waals surface area contributed by atoms with Crippen molar-refractivity contribution in [1.82, 2.24) is 24.3 Å². The zero-order valence-electron chi connectivity index (χ0n) is 15.1. The molecule has 0 atom stereocenters. The second kappa shape index (κ2) is 5.99. The lowest BCUT2D eigenvalue weighted by Gasteiger charge is -2.07. The van der Waals surface area contributed by atoms with Crippen molar-refractivity contribution in [2.75, 3.05) is 0 Å². The van der Waals surface area contributed by atoms with Gasteiger partial charge < -0.3 is 0 Å². The van der Waals surface area contributed by atoms with Crippen LogP contribution in [0.3, 0.4) is 0 Å². The third kappa shape index (κ3) is 2.64. The number of hydrogen-bond acceptors (Lipinski definition) is 4. The maximum absolute atomic E-state index is 4.82. The number of rotatable bonds is 2. The summed E-state index contributed by atoms with van der Waals surface area (Å²) < 4.78 is 2.03. The Balaban J connectivity index is 1.84. The van der Waals surface area contributed by atoms with E-state index in [1.807, 2.05) is 67.0 Å². The van der Waals surface area contributed by atoms with Crippen LogP contribution >= 0.6 is 0 Å². The van der Waals surface area contributed by atoms with Crippen LogP contribution in [0.4, 0.5) is 0 Å². The number of imidazole rings is 1. The number of benzene rings is 1. The van der Waals surface area contributed by atoms with Crippen LogP contribution in [0.15, 0.2) is 67.0 Å². The van der Waals surface area contributed by atoms with Crippen LogP contribution in [0.25, 0.3) is 39.3 Å². The van der Waals surface area contributed by atoms with Gasteiger partial charge in [-0.3, -0.25) is 14.4 Å². The summed E-state index contributed by atoms with van der Waals surface area (Å²) >= 11 is 0. The molecule has 0 bridgehead atoms. The van der Waals surface area contributed by atoms with Gasteiger partial charge in [-0.15, -0.1) is 0 Å². The predicted molar refractivity (Wildman–Crippen MR) is 106 cm³/mol. The van der Waals surface area contributed by atoms with Crippen LogP contribution in [0.2, 0.25) is 0 Å². The Kier molecular flexibility index (Phi) is 3.47. The zero-order valence-corrected chi connectivity index (χ0v) is 15.1. The highest BCUT2D eigenvalue weighted by Gasteiger charge is 2.18. The van der Waals surface area contributed by atoms with E-state index in [0.717, 1.165) is 44.9 Å². The van der Waals surface area contributed by atoms with E-state index in [9.17, 15) is 0 Å². The molecule has 0 radical (unpaired) electrons. The molecule has 4 heterocycles. The van der Waals surface area contributed by atoms with Gasteiger partial charge in [-0.1, -0.05) is 18.2 Å². The Morgan fingerprint density at radius 1 is 0.815 bits per heavy atom. The summed E-state index contributed by atoms with van der Waals surface area (Å²) in [4.78, 5) is 18.5. The van der Waals surface area contributed by atoms with Crippen molar-refractivity contribution in [3.05, 3.63) is 78.4 Å². The van der Waals surface area contributed by atoms with Gasteiger partial charge in [0.2, 0.25) is 5.78 Å². The summed E-state index contributed by atoms with van der Waals surface area (Å²) in [7, 11) is 0. The molecule has 0 amide bonds. The highest BCUT2D eigenvalue weighted by Crippen LogP contribution is 2.33. The van der Waals surface area contributed by atoms with Gasteiger partial charge in [0, 0.05) is 34.7 Å². The van der Waals surface area contributed by atoms with Crippen molar-refractivity contribution in [1.29, 1.82) is 0 Å². The summed E-state index contributed by atoms with van der Waals surface area (Å²) in [6.45, 7) is 3.96. The monoisotopic (exact) mass is 351 g/mol. The molecule has 0 aliphatic rings. The van der Waals surface area contributed by atoms with Gasteiger partial charge >= 0.3 is 0 Å². The molecule has 0 saturated carbocycles. The molecule has 5 heteroatoms. The molecule has 27 heavy (non-hydrogen) atoms. The van der Waals surface area contributed by atoms with E-state index in [-0.39, 0.29) is 0 Å². The number of nitrogens with zero attached hydrogens (tertiary/aromatic N) is 5. The molecule has 130 valence electrons. The highest BCUT2D eigenvalue weighted by molar-refractivity contribution is 5.88. The smallest absolute Gasteiger partial charge is 0.235 e. The lowest BCUT2D eigenvalue weighted by Crippen LogP contribution is -1.93. The van der Waals surface area contributed by atoms with Crippen molar-refractivity contribution in [2.45, 2.75) is 13.8 Å². The first-order chi connectivity index (χ1) is 13.2. The third-order valence-electron chi connectivity index (χ3n) is 4.64. The SMILES string of the molecule is Cc1cccc(-c2nc3nc(C)ccn3c2-c2ccc3ncccc3c2)n1. The Morgan fingerprint density at radius 3 is 2.59 bits per heavy atom. The summed E-state index contributed by atoms with van der Waals surface area (Å²) in [5.41, 5.74) is 6.60. The lowest BCUT2D eigenvalue weighted by atomic mass is 10.0. The fourth-order valence-electron chi connectivity index (χ4n) is 3.37. The first-order valence-corrected chi connectivity index (χ1v) is 8.84. The van der Waals surface area contributed by atoms with Gasteiger partial charge in [0.1, 0.15) is 5.69 Å². The standard InChI is InChI=1S/C22H17N5/c1-14-5-3-7-19(24-14)20-21(27-12-10-15(2)25-22(27)26-20)17-8-9-18-16(13-17)6-4-11-23-18/h3-13H,1-2H3. The Hall–Kier alpha value is -3.60. The van der Waals surface area contributed by atoms with Crippen molar-refractivity contribution in [3.63, 3.8) is 0 Å². The van der Waals surface area contributed by atoms with Crippen molar-refractivity contribution in [2.24, 2.45) is 0 Å². The number of aromatic nitrogens is 5. The molecule has 0 unspecified atom stereocenters. The molecule has 0 aliphatic heterocycles. The Labute approximate surface area is 156 Å². The van der Waals surface area contributed by atoms with Crippen LogP contribution in [0, 0.1) is 13.8 Å². The highest BCUT2D eigenvalue weighted by atomic mass is 15.1. The topological polar surface area (TPSA) is 56.0 Å². The van der Waals surface area contributed by atoms with Gasteiger partial charge in [-0.25, -0.2) is 9.97 Å². The van der Waals surface area contributed by atoms with E-state index >= 15 is 0 Å². The van der Waals surface area contributed by atoms with E-state index in [1.54, 1.807) is 0 Å². The van der Waals surface area contributed by atoms with Crippen LogP contribution in [-0.4, -0.2) is 24.3 Å². The van der Waals surface area contributed by atoms with E-state index in [4.69, 9.17) is 9.97 Å². The number of fused-ring (bicyclic) bond motifs is 2. The molecule has 5 rings (SSSR count). The summed E-state index contributed by atoms with van der Waals surface area (Å²) in [6.07, 6.45) is 3.83. The van der Waals surface area contributed by atoms with E-state index in [2.05, 4.69) is 28.2 Å². The molecule has 1 aromatic carbocycles. The second-order valence-electron chi connectivity index (χ2n) is 6.62. The first-order valence-electron chi connectivity index (χ1n) is 8.84. The lowest BCUT2D eigenvalue weighted by molar-refractivity contribution is 1.07. The molecular formula is C22H17N5. The first kappa shape index (κ1) is 15.6. The number of pyridine rings is 2. The molecule has 0 saturated heterocycles. The normalized spacial score (nSPS) is 11.3. The predicted octanol–water partition coefficient (Wildman–Crippen LogP) is 4.62. The van der Waals surface area contributed by atoms with Crippen molar-refractivity contribution < 1.29 is 0 Å².